The van der Waals surface area contributed by atoms with E-state index in [1.54, 1.807) is 4.47 Å². The molecule has 0 unspecified atom stereocenters. The van der Waals surface area contributed by atoms with Crippen LogP contribution in [0.3, 0.4) is 0 Å². The first-order valence-electron chi connectivity index (χ1n) is 10.2. The van der Waals surface area contributed by atoms with E-state index < -0.39 is 7.92 Å². The van der Waals surface area contributed by atoms with Crippen molar-refractivity contribution in [3.63, 3.8) is 0 Å². The van der Waals surface area contributed by atoms with Crippen LogP contribution in [0.2, 0.25) is 0 Å². The standard InChI is InChI=1S/C26H29PSe/c1-2-3-4-12-21-26(28-25-19-13-7-14-20-25)22-27(23-15-8-5-9-16-23)24-17-10-6-11-18-24/h5-11,13-20,22H,2-4,12,21H2,1H3/b26-22+. The topological polar surface area (TPSA) is 0 Å². The van der Waals surface area contributed by atoms with Crippen molar-refractivity contribution in [1.29, 1.82) is 0 Å². The third-order valence-electron chi connectivity index (χ3n) is 4.61. The van der Waals surface area contributed by atoms with Crippen LogP contribution >= 0.6 is 7.92 Å². The molecule has 144 valence electrons. The SMILES string of the molecule is CCCCCC/C(=C\P(c1ccccc1)c1ccccc1)[Se]c1ccccc1. The van der Waals surface area contributed by atoms with Gasteiger partial charge in [-0.05, 0) is 0 Å². The van der Waals surface area contributed by atoms with Crippen molar-refractivity contribution in [2.45, 2.75) is 39.0 Å². The quantitative estimate of drug-likeness (QED) is 0.203. The molecule has 0 radical (unpaired) electrons. The fraction of sp³-hybridized carbons (Fsp3) is 0.231. The normalized spacial score (nSPS) is 11.7. The van der Waals surface area contributed by atoms with E-state index in [0.717, 1.165) is 0 Å². The monoisotopic (exact) mass is 452 g/mol. The van der Waals surface area contributed by atoms with Crippen LogP contribution in [-0.2, 0) is 0 Å². The second-order valence-corrected chi connectivity index (χ2v) is 11.4. The van der Waals surface area contributed by atoms with E-state index in [-0.39, 0.29) is 0 Å². The molecule has 0 aliphatic carbocycles. The Morgan fingerprint density at radius 1 is 0.714 bits per heavy atom. The Bertz CT molecular complexity index is 789. The molecule has 0 aromatic heterocycles. The molecular weight excluding hydrogens is 422 g/mol. The molecule has 0 saturated heterocycles. The van der Waals surface area contributed by atoms with Gasteiger partial charge in [-0.1, -0.05) is 0 Å². The summed E-state index contributed by atoms with van der Waals surface area (Å²) in [4.78, 5) is 0. The number of hydrogen-bond acceptors (Lipinski definition) is 0. The summed E-state index contributed by atoms with van der Waals surface area (Å²) in [5.74, 6) is 2.62. The summed E-state index contributed by atoms with van der Waals surface area (Å²) in [7, 11) is -0.457. The van der Waals surface area contributed by atoms with Crippen molar-refractivity contribution in [2.75, 3.05) is 0 Å². The van der Waals surface area contributed by atoms with Gasteiger partial charge in [-0.25, -0.2) is 0 Å². The predicted octanol–water partition coefficient (Wildman–Crippen LogP) is 5.96. The van der Waals surface area contributed by atoms with Crippen molar-refractivity contribution in [3.8, 4) is 0 Å². The Morgan fingerprint density at radius 2 is 1.25 bits per heavy atom. The molecule has 0 amide bonds. The summed E-state index contributed by atoms with van der Waals surface area (Å²) < 4.78 is 3.13. The maximum atomic E-state index is 2.62. The Labute approximate surface area is 178 Å². The van der Waals surface area contributed by atoms with Gasteiger partial charge in [-0.15, -0.1) is 0 Å². The number of unbranched alkanes of at least 4 members (excludes halogenated alkanes) is 3. The van der Waals surface area contributed by atoms with Crippen LogP contribution in [-0.4, -0.2) is 15.0 Å². The van der Waals surface area contributed by atoms with E-state index in [9.17, 15) is 0 Å². The van der Waals surface area contributed by atoms with E-state index in [1.165, 1.54) is 47.2 Å². The van der Waals surface area contributed by atoms with Gasteiger partial charge in [0.05, 0.1) is 0 Å². The van der Waals surface area contributed by atoms with Gasteiger partial charge in [-0.3, -0.25) is 0 Å². The molecule has 3 aromatic carbocycles. The third-order valence-corrected chi connectivity index (χ3v) is 9.57. The van der Waals surface area contributed by atoms with E-state index in [2.05, 4.69) is 104 Å². The Balaban J connectivity index is 1.90. The molecule has 0 saturated carbocycles. The van der Waals surface area contributed by atoms with Crippen LogP contribution in [0.1, 0.15) is 39.0 Å². The molecular formula is C26H29PSe. The Hall–Kier alpha value is -1.65. The molecule has 3 rings (SSSR count). The van der Waals surface area contributed by atoms with Gasteiger partial charge in [0.2, 0.25) is 0 Å². The van der Waals surface area contributed by atoms with E-state index in [0.29, 0.717) is 15.0 Å². The van der Waals surface area contributed by atoms with Crippen LogP contribution in [0.25, 0.3) is 0 Å². The van der Waals surface area contributed by atoms with Crippen molar-refractivity contribution >= 4 is 37.9 Å². The molecule has 0 spiro atoms. The average molecular weight is 451 g/mol. The van der Waals surface area contributed by atoms with Crippen LogP contribution in [0.15, 0.2) is 101 Å². The first kappa shape index (κ1) is 21.1. The first-order valence-corrected chi connectivity index (χ1v) is 13.3. The van der Waals surface area contributed by atoms with Gasteiger partial charge in [0, 0.05) is 0 Å². The van der Waals surface area contributed by atoms with E-state index in [4.69, 9.17) is 0 Å². The van der Waals surface area contributed by atoms with Gasteiger partial charge < -0.3 is 0 Å². The molecule has 0 aliphatic rings. The summed E-state index contributed by atoms with van der Waals surface area (Å²) >= 11 is 0.400. The molecule has 0 heterocycles. The second kappa shape index (κ2) is 12.0. The van der Waals surface area contributed by atoms with Crippen molar-refractivity contribution in [3.05, 3.63) is 101 Å². The summed E-state index contributed by atoms with van der Waals surface area (Å²) in [5.41, 5.74) is 0. The summed E-state index contributed by atoms with van der Waals surface area (Å²) in [5, 5.41) is 2.89. The number of rotatable bonds is 10. The summed E-state index contributed by atoms with van der Waals surface area (Å²) in [6, 6.07) is 33.1. The predicted molar refractivity (Wildman–Crippen MR) is 128 cm³/mol. The zero-order valence-electron chi connectivity index (χ0n) is 16.6. The van der Waals surface area contributed by atoms with Crippen LogP contribution in [0.5, 0.6) is 0 Å². The minimum atomic E-state index is -0.457. The number of hydrogen-bond donors (Lipinski definition) is 0. The fourth-order valence-corrected chi connectivity index (χ4v) is 7.94. The zero-order valence-corrected chi connectivity index (χ0v) is 19.2. The van der Waals surface area contributed by atoms with Crippen LogP contribution in [0, 0.1) is 0 Å². The molecule has 0 N–H and O–H groups in total. The molecule has 28 heavy (non-hydrogen) atoms. The second-order valence-electron chi connectivity index (χ2n) is 6.86. The Morgan fingerprint density at radius 3 is 1.79 bits per heavy atom. The number of allylic oxidation sites excluding steroid dienone is 1. The summed E-state index contributed by atoms with van der Waals surface area (Å²) in [6.07, 6.45) is 6.52. The average Bonchev–Trinajstić information content (AvgIpc) is 2.76. The molecule has 0 fully saturated rings. The zero-order chi connectivity index (χ0) is 19.4. The molecule has 3 aromatic rings. The fourth-order valence-electron chi connectivity index (χ4n) is 3.13. The van der Waals surface area contributed by atoms with Crippen molar-refractivity contribution in [1.82, 2.24) is 0 Å². The molecule has 0 atom stereocenters. The summed E-state index contributed by atoms with van der Waals surface area (Å²) in [6.45, 7) is 2.29. The first-order chi connectivity index (χ1) is 13.9. The van der Waals surface area contributed by atoms with Crippen molar-refractivity contribution in [2.24, 2.45) is 0 Å². The van der Waals surface area contributed by atoms with Gasteiger partial charge in [0.25, 0.3) is 0 Å². The van der Waals surface area contributed by atoms with Gasteiger partial charge >= 0.3 is 178 Å². The van der Waals surface area contributed by atoms with Crippen molar-refractivity contribution < 1.29 is 0 Å². The number of benzene rings is 3. The van der Waals surface area contributed by atoms with E-state index >= 15 is 0 Å². The molecule has 0 aliphatic heterocycles. The van der Waals surface area contributed by atoms with Crippen LogP contribution in [0.4, 0.5) is 0 Å². The molecule has 0 nitrogen and oxygen atoms in total. The maximum absolute atomic E-state index is 2.62. The minimum absolute atomic E-state index is 0.400. The third kappa shape index (κ3) is 6.75. The molecule has 0 bridgehead atoms. The van der Waals surface area contributed by atoms with Gasteiger partial charge in [-0.2, -0.15) is 0 Å². The Kier molecular flexibility index (Phi) is 9.05. The molecule has 2 heteroatoms. The van der Waals surface area contributed by atoms with Gasteiger partial charge in [0.15, 0.2) is 0 Å². The van der Waals surface area contributed by atoms with E-state index in [1.807, 2.05) is 0 Å². The van der Waals surface area contributed by atoms with Crippen LogP contribution < -0.4 is 15.1 Å². The van der Waals surface area contributed by atoms with Gasteiger partial charge in [0.1, 0.15) is 0 Å².